The third-order valence-electron chi connectivity index (χ3n) is 3.51. The molecule has 3 rings (SSSR count). The number of phenolic OH excluding ortho intramolecular Hbond substituents is 1. The van der Waals surface area contributed by atoms with E-state index in [2.05, 4.69) is 0 Å². The van der Waals surface area contributed by atoms with Crippen LogP contribution in [0.2, 0.25) is 0 Å². The summed E-state index contributed by atoms with van der Waals surface area (Å²) in [4.78, 5) is 24.1. The number of hydrogen-bond donors (Lipinski definition) is 1. The summed E-state index contributed by atoms with van der Waals surface area (Å²) < 4.78 is 31.4. The number of aryl methyl sites for hydroxylation is 1. The highest BCUT2D eigenvalue weighted by atomic mass is 19.2. The van der Waals surface area contributed by atoms with Gasteiger partial charge in [0.05, 0.1) is 0 Å². The molecule has 0 aliphatic carbocycles. The number of hydrogen-bond acceptors (Lipinski definition) is 4. The third kappa shape index (κ3) is 2.48. The molecule has 1 heterocycles. The van der Waals surface area contributed by atoms with Crippen LogP contribution in [0.4, 0.5) is 8.78 Å². The van der Waals surface area contributed by atoms with Crippen LogP contribution in [0.1, 0.15) is 21.5 Å². The molecule has 2 aromatic carbocycles. The molecule has 0 atom stereocenters. The summed E-state index contributed by atoms with van der Waals surface area (Å²) in [6.45, 7) is 1.65. The maximum Gasteiger partial charge on any atom is 0.336 e. The summed E-state index contributed by atoms with van der Waals surface area (Å²) in [6.07, 6.45) is 0. The standard InChI is InChI=1S/C17H10F2O4/c1-8-6-14(21)23-17-10(8)3-5-13(20)15(17)16(22)9-2-4-11(18)12(19)7-9/h2-7,20H,1H3. The van der Waals surface area contributed by atoms with Crippen molar-refractivity contribution in [1.29, 1.82) is 0 Å². The van der Waals surface area contributed by atoms with Crippen molar-refractivity contribution in [1.82, 2.24) is 0 Å². The van der Waals surface area contributed by atoms with Gasteiger partial charge < -0.3 is 9.52 Å². The zero-order valence-corrected chi connectivity index (χ0v) is 11.9. The SMILES string of the molecule is Cc1cc(=O)oc2c(C(=O)c3ccc(F)c(F)c3)c(O)ccc12. The quantitative estimate of drug-likeness (QED) is 0.582. The topological polar surface area (TPSA) is 67.5 Å². The Kier molecular flexibility index (Phi) is 3.44. The molecule has 0 radical (unpaired) electrons. The van der Waals surface area contributed by atoms with Gasteiger partial charge in [0, 0.05) is 17.0 Å². The van der Waals surface area contributed by atoms with Gasteiger partial charge in [-0.25, -0.2) is 13.6 Å². The van der Waals surface area contributed by atoms with Gasteiger partial charge >= 0.3 is 5.63 Å². The van der Waals surface area contributed by atoms with Crippen LogP contribution in [0.25, 0.3) is 11.0 Å². The Balaban J connectivity index is 2.30. The van der Waals surface area contributed by atoms with Crippen LogP contribution in [-0.4, -0.2) is 10.9 Å². The first kappa shape index (κ1) is 14.9. The van der Waals surface area contributed by atoms with Crippen LogP contribution in [0.15, 0.2) is 45.6 Å². The molecule has 0 saturated carbocycles. The van der Waals surface area contributed by atoms with Gasteiger partial charge in [-0.1, -0.05) is 0 Å². The fourth-order valence-corrected chi connectivity index (χ4v) is 2.37. The van der Waals surface area contributed by atoms with E-state index < -0.39 is 28.8 Å². The van der Waals surface area contributed by atoms with Crippen molar-refractivity contribution in [2.24, 2.45) is 0 Å². The lowest BCUT2D eigenvalue weighted by molar-refractivity contribution is 0.103. The van der Waals surface area contributed by atoms with Crippen LogP contribution in [0.3, 0.4) is 0 Å². The summed E-state index contributed by atoms with van der Waals surface area (Å²) >= 11 is 0. The van der Waals surface area contributed by atoms with E-state index in [0.29, 0.717) is 10.9 Å². The van der Waals surface area contributed by atoms with Gasteiger partial charge in [0.2, 0.25) is 5.78 Å². The number of fused-ring (bicyclic) bond motifs is 1. The third-order valence-corrected chi connectivity index (χ3v) is 3.51. The highest BCUT2D eigenvalue weighted by Crippen LogP contribution is 2.30. The molecule has 0 amide bonds. The molecule has 23 heavy (non-hydrogen) atoms. The van der Waals surface area contributed by atoms with Crippen molar-refractivity contribution >= 4 is 16.8 Å². The molecule has 0 unspecified atom stereocenters. The minimum Gasteiger partial charge on any atom is -0.507 e. The second-order valence-corrected chi connectivity index (χ2v) is 5.04. The first-order chi connectivity index (χ1) is 10.9. The van der Waals surface area contributed by atoms with Gasteiger partial charge in [-0.2, -0.15) is 0 Å². The predicted octanol–water partition coefficient (Wildman–Crippen LogP) is 3.32. The first-order valence-corrected chi connectivity index (χ1v) is 6.64. The Morgan fingerprint density at radius 1 is 1.09 bits per heavy atom. The number of benzene rings is 2. The van der Waals surface area contributed by atoms with Crippen molar-refractivity contribution in [2.45, 2.75) is 6.92 Å². The number of halogens is 2. The average Bonchev–Trinajstić information content (AvgIpc) is 2.49. The normalized spacial score (nSPS) is 10.9. The van der Waals surface area contributed by atoms with Crippen LogP contribution in [0, 0.1) is 18.6 Å². The minimum absolute atomic E-state index is 0.0928. The van der Waals surface area contributed by atoms with E-state index >= 15 is 0 Å². The Hall–Kier alpha value is -3.02. The van der Waals surface area contributed by atoms with Gasteiger partial charge in [0.1, 0.15) is 11.3 Å². The molecule has 0 bridgehead atoms. The Morgan fingerprint density at radius 3 is 2.52 bits per heavy atom. The highest BCUT2D eigenvalue weighted by molar-refractivity contribution is 6.17. The molecule has 3 aromatic rings. The molecular weight excluding hydrogens is 306 g/mol. The zero-order valence-electron chi connectivity index (χ0n) is 11.9. The Labute approximate surface area is 128 Å². The Morgan fingerprint density at radius 2 is 1.83 bits per heavy atom. The minimum atomic E-state index is -1.19. The molecule has 0 aliphatic rings. The van der Waals surface area contributed by atoms with Gasteiger partial charge in [0.15, 0.2) is 17.2 Å². The van der Waals surface area contributed by atoms with Gasteiger partial charge in [0.25, 0.3) is 0 Å². The van der Waals surface area contributed by atoms with Gasteiger partial charge in [-0.15, -0.1) is 0 Å². The van der Waals surface area contributed by atoms with Crippen molar-refractivity contribution in [3.63, 3.8) is 0 Å². The summed E-state index contributed by atoms with van der Waals surface area (Å²) in [6, 6.07) is 6.67. The fraction of sp³-hybridized carbons (Fsp3) is 0.0588. The zero-order chi connectivity index (χ0) is 16.7. The lowest BCUT2D eigenvalue weighted by atomic mass is 9.98. The van der Waals surface area contributed by atoms with Crippen molar-refractivity contribution in [3.05, 3.63) is 75.1 Å². The van der Waals surface area contributed by atoms with Crippen LogP contribution < -0.4 is 5.63 Å². The summed E-state index contributed by atoms with van der Waals surface area (Å²) in [5, 5.41) is 10.5. The molecule has 0 aliphatic heterocycles. The van der Waals surface area contributed by atoms with Crippen LogP contribution >= 0.6 is 0 Å². The molecule has 1 aromatic heterocycles. The smallest absolute Gasteiger partial charge is 0.336 e. The maximum atomic E-state index is 13.3. The lowest BCUT2D eigenvalue weighted by Crippen LogP contribution is -2.07. The first-order valence-electron chi connectivity index (χ1n) is 6.64. The fourth-order valence-electron chi connectivity index (χ4n) is 2.37. The lowest BCUT2D eigenvalue weighted by Gasteiger charge is -2.08. The number of ketones is 1. The van der Waals surface area contributed by atoms with E-state index in [1.165, 1.54) is 18.2 Å². The van der Waals surface area contributed by atoms with E-state index in [9.17, 15) is 23.5 Å². The summed E-state index contributed by atoms with van der Waals surface area (Å²) in [5.74, 6) is -3.47. The number of aromatic hydroxyl groups is 1. The second-order valence-electron chi connectivity index (χ2n) is 5.04. The summed E-state index contributed by atoms with van der Waals surface area (Å²) in [7, 11) is 0. The predicted molar refractivity (Wildman–Crippen MR) is 78.7 cm³/mol. The maximum absolute atomic E-state index is 13.3. The molecule has 6 heteroatoms. The number of carbonyl (C=O) groups excluding carboxylic acids is 1. The van der Waals surface area contributed by atoms with Crippen molar-refractivity contribution < 1.29 is 23.1 Å². The van der Waals surface area contributed by atoms with Gasteiger partial charge in [-0.3, -0.25) is 4.79 Å². The van der Waals surface area contributed by atoms with E-state index in [0.717, 1.165) is 18.2 Å². The van der Waals surface area contributed by atoms with Crippen LogP contribution in [0.5, 0.6) is 5.75 Å². The molecule has 1 N–H and O–H groups in total. The number of carbonyl (C=O) groups is 1. The second kappa shape index (κ2) is 5.31. The average molecular weight is 316 g/mol. The van der Waals surface area contributed by atoms with Gasteiger partial charge in [-0.05, 0) is 42.8 Å². The van der Waals surface area contributed by atoms with E-state index in [-0.39, 0.29) is 16.7 Å². The summed E-state index contributed by atoms with van der Waals surface area (Å²) in [5.41, 5.74) is -0.648. The van der Waals surface area contributed by atoms with Crippen molar-refractivity contribution in [3.8, 4) is 5.75 Å². The molecule has 0 fully saturated rings. The highest BCUT2D eigenvalue weighted by Gasteiger charge is 2.21. The van der Waals surface area contributed by atoms with E-state index in [1.54, 1.807) is 6.92 Å². The number of phenols is 1. The van der Waals surface area contributed by atoms with Crippen molar-refractivity contribution in [2.75, 3.05) is 0 Å². The largest absolute Gasteiger partial charge is 0.507 e. The molecule has 116 valence electrons. The van der Waals surface area contributed by atoms with E-state index in [4.69, 9.17) is 4.42 Å². The molecule has 4 nitrogen and oxygen atoms in total. The van der Waals surface area contributed by atoms with E-state index in [1.807, 2.05) is 0 Å². The van der Waals surface area contributed by atoms with Crippen LogP contribution in [-0.2, 0) is 0 Å². The number of rotatable bonds is 2. The molecule has 0 saturated heterocycles. The monoisotopic (exact) mass is 316 g/mol. The molecular formula is C17H10F2O4. The molecule has 0 spiro atoms. The Bertz CT molecular complexity index is 1010.